The minimum absolute atomic E-state index is 0.340. The van der Waals surface area contributed by atoms with Crippen molar-refractivity contribution < 1.29 is 14.3 Å². The summed E-state index contributed by atoms with van der Waals surface area (Å²) in [5, 5.41) is 12.9. The van der Waals surface area contributed by atoms with Crippen LogP contribution >= 0.6 is 0 Å². The third kappa shape index (κ3) is 42.4. The Morgan fingerprint density at radius 2 is 0.629 bits per heavy atom. The Morgan fingerprint density at radius 3 is 0.948 bits per heavy atom. The predicted molar refractivity (Wildman–Crippen MR) is 431 cm³/mol. The summed E-state index contributed by atoms with van der Waals surface area (Å²) >= 11 is 0. The molecule has 1 aliphatic heterocycles. The van der Waals surface area contributed by atoms with Gasteiger partial charge >= 0.3 is 5.97 Å². The summed E-state index contributed by atoms with van der Waals surface area (Å²) in [5.41, 5.74) is 5.14. The first kappa shape index (κ1) is 85.8. The van der Waals surface area contributed by atoms with Crippen LogP contribution in [-0.4, -0.2) is 37.3 Å². The minimum Gasteiger partial charge on any atom is -0.478 e. The zero-order valence-electron chi connectivity index (χ0n) is 65.0. The number of hydrogen-bond donors (Lipinski definition) is 1. The number of fused-ring (bicyclic) bond motifs is 2. The van der Waals surface area contributed by atoms with Gasteiger partial charge in [0.1, 0.15) is 24.4 Å². The highest BCUT2D eigenvalue weighted by molar-refractivity contribution is 6.07. The smallest absolute Gasteiger partial charge is 0.336 e. The van der Waals surface area contributed by atoms with Gasteiger partial charge in [0.25, 0.3) is 0 Å². The molecular formula is C92H159N2O3+. The average Bonchev–Trinajstić information content (AvgIpc) is 0.749. The van der Waals surface area contributed by atoms with Crippen LogP contribution in [0.3, 0.4) is 0 Å². The summed E-state index contributed by atoms with van der Waals surface area (Å²) in [6.07, 6.45) is 88.6. The van der Waals surface area contributed by atoms with Gasteiger partial charge in [-0.15, -0.1) is 0 Å². The zero-order chi connectivity index (χ0) is 68.8. The van der Waals surface area contributed by atoms with Gasteiger partial charge in [-0.1, -0.05) is 418 Å². The van der Waals surface area contributed by atoms with Gasteiger partial charge in [0.2, 0.25) is 5.36 Å². The van der Waals surface area contributed by atoms with Crippen molar-refractivity contribution in [1.82, 2.24) is 4.58 Å². The topological polar surface area (TPSA) is 56.7 Å². The number of carboxylic acid groups (broad SMARTS) is 1. The molecule has 0 saturated carbocycles. The third-order valence-electron chi connectivity index (χ3n) is 22.0. The maximum Gasteiger partial charge on any atom is 0.336 e. The van der Waals surface area contributed by atoms with E-state index >= 15 is 0 Å². The second-order valence-corrected chi connectivity index (χ2v) is 30.9. The van der Waals surface area contributed by atoms with E-state index in [4.69, 9.17) is 4.42 Å². The maximum absolute atomic E-state index is 13.1. The normalized spacial score (nSPS) is 11.7. The quantitative estimate of drug-likeness (QED) is 0.0272. The Morgan fingerprint density at radius 1 is 0.330 bits per heavy atom. The van der Waals surface area contributed by atoms with Crippen molar-refractivity contribution in [2.24, 2.45) is 0 Å². The van der Waals surface area contributed by atoms with Crippen LogP contribution in [0.4, 0.5) is 5.69 Å². The molecule has 0 aromatic heterocycles. The van der Waals surface area contributed by atoms with Crippen LogP contribution in [0.2, 0.25) is 0 Å². The molecule has 97 heavy (non-hydrogen) atoms. The number of aromatic carboxylic acids is 1. The van der Waals surface area contributed by atoms with Crippen LogP contribution in [0.25, 0.3) is 33.4 Å². The van der Waals surface area contributed by atoms with E-state index < -0.39 is 5.97 Å². The molecule has 0 unspecified atom stereocenters. The summed E-state index contributed by atoms with van der Waals surface area (Å²) in [6, 6.07) is 21.4. The number of benzene rings is 3. The molecule has 554 valence electrons. The molecule has 0 radical (unpaired) electrons. The van der Waals surface area contributed by atoms with E-state index in [1.165, 1.54) is 422 Å². The number of carbonyl (C=O) groups is 1. The fraction of sp³-hybridized carbons (Fsp3) is 0.783. The summed E-state index contributed by atoms with van der Waals surface area (Å²) in [4.78, 5) is 15.7. The van der Waals surface area contributed by atoms with E-state index in [-0.39, 0.29) is 0 Å². The number of hydrogen-bond acceptors (Lipinski definition) is 3. The van der Waals surface area contributed by atoms with Gasteiger partial charge in [-0.3, -0.25) is 0 Å². The van der Waals surface area contributed by atoms with Crippen molar-refractivity contribution in [2.45, 2.75) is 439 Å². The maximum atomic E-state index is 13.1. The summed E-state index contributed by atoms with van der Waals surface area (Å²) in [6.45, 7) is 13.5. The van der Waals surface area contributed by atoms with Crippen LogP contribution in [0.15, 0.2) is 65.1 Å². The molecule has 1 aliphatic carbocycles. The number of anilines is 1. The number of unbranched alkanes of at least 4 members (excludes halogenated alkanes) is 60. The van der Waals surface area contributed by atoms with E-state index in [9.17, 15) is 9.90 Å². The Kier molecular flexibility index (Phi) is 55.0. The molecule has 5 heteroatoms. The van der Waals surface area contributed by atoms with E-state index in [1.54, 1.807) is 6.07 Å². The molecule has 5 nitrogen and oxygen atoms in total. The van der Waals surface area contributed by atoms with Gasteiger partial charge in [-0.2, -0.15) is 0 Å². The molecule has 0 fully saturated rings. The van der Waals surface area contributed by atoms with Crippen LogP contribution in [0, 0.1) is 0 Å². The fourth-order valence-electron chi connectivity index (χ4n) is 15.6. The summed E-state index contributed by atoms with van der Waals surface area (Å²) in [5.74, 6) is -0.0399. The highest BCUT2D eigenvalue weighted by Gasteiger charge is 2.23. The zero-order valence-corrected chi connectivity index (χ0v) is 65.0. The third-order valence-corrected chi connectivity index (χ3v) is 22.0. The monoisotopic (exact) mass is 1340 g/mol. The summed E-state index contributed by atoms with van der Waals surface area (Å²) in [7, 11) is 0. The lowest BCUT2D eigenvalue weighted by Gasteiger charge is -2.26. The first-order valence-electron chi connectivity index (χ1n) is 43.7. The molecular weight excluding hydrogens is 1180 g/mol. The van der Waals surface area contributed by atoms with Crippen molar-refractivity contribution >= 4 is 22.6 Å². The molecule has 0 bridgehead atoms. The van der Waals surface area contributed by atoms with Gasteiger partial charge < -0.3 is 14.4 Å². The Hall–Kier alpha value is -3.60. The van der Waals surface area contributed by atoms with Gasteiger partial charge in [-0.05, 0) is 55.5 Å². The van der Waals surface area contributed by atoms with Gasteiger partial charge in [0.05, 0.1) is 11.6 Å². The summed E-state index contributed by atoms with van der Waals surface area (Å²) < 4.78 is 9.90. The lowest BCUT2D eigenvalue weighted by atomic mass is 9.90. The molecule has 0 spiro atoms. The van der Waals surface area contributed by atoms with Crippen LogP contribution in [0.1, 0.15) is 449 Å². The fourth-order valence-corrected chi connectivity index (χ4v) is 15.6. The lowest BCUT2D eigenvalue weighted by Crippen LogP contribution is -2.32. The predicted octanol–water partition coefficient (Wildman–Crippen LogP) is 30.5. The molecule has 1 N–H and O–H groups in total. The molecule has 0 amide bonds. The van der Waals surface area contributed by atoms with Crippen molar-refractivity contribution in [1.29, 1.82) is 0 Å². The Bertz CT molecular complexity index is 2380. The number of rotatable bonds is 71. The van der Waals surface area contributed by atoms with Gasteiger partial charge in [-0.25, -0.2) is 9.37 Å². The molecule has 2 aromatic rings. The Balaban J connectivity index is 1.49. The average molecular weight is 1340 g/mol. The molecule has 0 atom stereocenters. The molecule has 2 aromatic carbocycles. The standard InChI is InChI=1S/C92H158N2O3/c1-5-9-13-17-21-25-29-33-37-41-45-49-53-57-61-67-77-93(78-68-62-58-54-50-46-42-38-34-30-26-22-18-14-10-6-2)83-73-75-87-89(81-83)97-90-82-84(74-76-88(90)91(87)85-71-65-66-72-86(85)92(95)96)94(79-69-63-59-55-51-47-43-39-35-31-27-23-19-15-11-7-3)80-70-64-60-56-52-48-44-40-36-32-28-24-20-16-12-8-4/h65-66,71-76,81-82H,5-64,67-70,77-80H2,1-4H3/p+1. The van der Waals surface area contributed by atoms with Crippen molar-refractivity contribution in [3.8, 4) is 22.5 Å². The SMILES string of the molecule is CCCCCCCCCCCCCCCCCCN(CCCCCCCCCCCCCCCCCC)c1ccc2c(-c3ccccc3C(=O)O)c3ccc(=[N+](CCCCCCCCCCCCCCCCCC)CCCCCCCCCCCCCCCCCC)cc-3oc2c1. The van der Waals surface area contributed by atoms with Crippen LogP contribution in [-0.2, 0) is 0 Å². The van der Waals surface area contributed by atoms with Crippen molar-refractivity contribution in [2.75, 3.05) is 31.1 Å². The van der Waals surface area contributed by atoms with E-state index in [0.717, 1.165) is 59.6 Å². The van der Waals surface area contributed by atoms with Crippen molar-refractivity contribution in [3.63, 3.8) is 0 Å². The lowest BCUT2D eigenvalue weighted by molar-refractivity contribution is 0.0697. The van der Waals surface area contributed by atoms with E-state index in [2.05, 4.69) is 73.6 Å². The van der Waals surface area contributed by atoms with Gasteiger partial charge in [0.15, 0.2) is 0 Å². The van der Waals surface area contributed by atoms with Crippen molar-refractivity contribution in [3.05, 3.63) is 71.6 Å². The molecule has 0 saturated heterocycles. The number of nitrogens with zero attached hydrogens (tertiary/aromatic N) is 2. The van der Waals surface area contributed by atoms with Gasteiger partial charge in [0, 0.05) is 60.3 Å². The van der Waals surface area contributed by atoms with E-state index in [0.29, 0.717) is 5.56 Å². The number of carboxylic acids is 1. The first-order valence-corrected chi connectivity index (χ1v) is 43.7. The highest BCUT2D eigenvalue weighted by atomic mass is 16.4. The Labute approximate surface area is 601 Å². The molecule has 2 aliphatic rings. The second kappa shape index (κ2) is 62.2. The highest BCUT2D eigenvalue weighted by Crippen LogP contribution is 2.42. The molecule has 4 rings (SSSR count). The first-order chi connectivity index (χ1) is 48.0. The van der Waals surface area contributed by atoms with Crippen LogP contribution in [0.5, 0.6) is 0 Å². The van der Waals surface area contributed by atoms with Crippen LogP contribution < -0.4 is 14.8 Å². The minimum atomic E-state index is -0.890. The van der Waals surface area contributed by atoms with E-state index in [1.807, 2.05) is 18.2 Å². The second-order valence-electron chi connectivity index (χ2n) is 30.9. The largest absolute Gasteiger partial charge is 0.478 e. The molecule has 1 heterocycles.